The van der Waals surface area contributed by atoms with Crippen LogP contribution in [0.25, 0.3) is 22.5 Å². The van der Waals surface area contributed by atoms with Crippen molar-refractivity contribution in [3.05, 3.63) is 54.4 Å². The maximum Gasteiger partial charge on any atom is 0.239 e. The van der Waals surface area contributed by atoms with Crippen molar-refractivity contribution in [2.24, 2.45) is 0 Å². The van der Waals surface area contributed by atoms with Crippen LogP contribution >= 0.6 is 0 Å². The number of hydrogen-bond donors (Lipinski definition) is 1. The van der Waals surface area contributed by atoms with Crippen LogP contribution in [0.4, 0.5) is 5.69 Å². The van der Waals surface area contributed by atoms with Gasteiger partial charge in [0.25, 0.3) is 0 Å². The van der Waals surface area contributed by atoms with Crippen molar-refractivity contribution in [3.8, 4) is 11.6 Å². The summed E-state index contributed by atoms with van der Waals surface area (Å²) in [5, 5.41) is 14.9. The Bertz CT molecular complexity index is 931. The zero-order chi connectivity index (χ0) is 15.6. The summed E-state index contributed by atoms with van der Waals surface area (Å²) in [7, 11) is 2.02. The molecule has 1 N–H and O–H groups in total. The molecule has 4 aromatic rings. The predicted molar refractivity (Wildman–Crippen MR) is 85.7 cm³/mol. The molecule has 0 aliphatic rings. The Labute approximate surface area is 132 Å². The lowest BCUT2D eigenvalue weighted by Crippen LogP contribution is -2.15. The largest absolute Gasteiger partial charge is 0.456 e. The molecule has 0 saturated heterocycles. The maximum atomic E-state index is 5.77. The van der Waals surface area contributed by atoms with E-state index in [1.807, 2.05) is 31.3 Å². The SMILES string of the molecule is CN(Cc1ccc(-c2nn[nH]n2)o1)c1ccc2ncccc2c1. The molecule has 0 fully saturated rings. The molecular weight excluding hydrogens is 292 g/mol. The van der Waals surface area contributed by atoms with Crippen molar-refractivity contribution in [1.29, 1.82) is 0 Å². The molecule has 23 heavy (non-hydrogen) atoms. The van der Waals surface area contributed by atoms with Gasteiger partial charge in [-0.3, -0.25) is 4.98 Å². The van der Waals surface area contributed by atoms with E-state index in [4.69, 9.17) is 4.42 Å². The smallest absolute Gasteiger partial charge is 0.239 e. The zero-order valence-corrected chi connectivity index (χ0v) is 12.5. The van der Waals surface area contributed by atoms with Gasteiger partial charge in [-0.25, -0.2) is 0 Å². The van der Waals surface area contributed by atoms with Gasteiger partial charge in [0, 0.05) is 24.3 Å². The topological polar surface area (TPSA) is 83.7 Å². The summed E-state index contributed by atoms with van der Waals surface area (Å²) in [6.45, 7) is 0.642. The number of hydrogen-bond acceptors (Lipinski definition) is 6. The first-order chi connectivity index (χ1) is 11.3. The number of nitrogens with one attached hydrogen (secondary N) is 1. The van der Waals surface area contributed by atoms with Crippen molar-refractivity contribution in [3.63, 3.8) is 0 Å². The first-order valence-corrected chi connectivity index (χ1v) is 7.18. The molecule has 7 nitrogen and oxygen atoms in total. The van der Waals surface area contributed by atoms with E-state index >= 15 is 0 Å². The third-order valence-electron chi connectivity index (χ3n) is 3.65. The molecular formula is C16H14N6O. The number of anilines is 1. The van der Waals surface area contributed by atoms with Gasteiger partial charge in [-0.1, -0.05) is 6.07 Å². The molecule has 0 bridgehead atoms. The first-order valence-electron chi connectivity index (χ1n) is 7.18. The Kier molecular flexibility index (Phi) is 3.23. The number of H-pyrrole nitrogens is 1. The van der Waals surface area contributed by atoms with Gasteiger partial charge < -0.3 is 9.32 Å². The van der Waals surface area contributed by atoms with Crippen LogP contribution in [0, 0.1) is 0 Å². The predicted octanol–water partition coefficient (Wildman–Crippen LogP) is 2.64. The van der Waals surface area contributed by atoms with E-state index in [1.54, 1.807) is 6.20 Å². The average Bonchev–Trinajstić information content (AvgIpc) is 3.25. The lowest BCUT2D eigenvalue weighted by molar-refractivity contribution is 0.517. The van der Waals surface area contributed by atoms with Crippen LogP contribution in [-0.2, 0) is 6.54 Å². The molecule has 0 radical (unpaired) electrons. The number of furan rings is 1. The van der Waals surface area contributed by atoms with Crippen LogP contribution < -0.4 is 4.90 Å². The van der Waals surface area contributed by atoms with Crippen LogP contribution in [0.1, 0.15) is 5.76 Å². The molecule has 3 heterocycles. The van der Waals surface area contributed by atoms with Gasteiger partial charge in [0.15, 0.2) is 5.76 Å². The van der Waals surface area contributed by atoms with Gasteiger partial charge in [0.05, 0.1) is 12.1 Å². The minimum atomic E-state index is 0.454. The van der Waals surface area contributed by atoms with Gasteiger partial charge in [0.1, 0.15) is 5.76 Å². The van der Waals surface area contributed by atoms with Crippen molar-refractivity contribution >= 4 is 16.6 Å². The Morgan fingerprint density at radius 2 is 2.13 bits per heavy atom. The highest BCUT2D eigenvalue weighted by Gasteiger charge is 2.11. The molecule has 114 valence electrons. The standard InChI is InChI=1S/C16H14N6O/c1-22(12-4-6-14-11(9-12)3-2-8-17-14)10-13-5-7-15(23-13)16-18-20-21-19-16/h2-9H,10H2,1H3,(H,18,19,20,21). The molecule has 0 saturated carbocycles. The molecule has 1 aromatic carbocycles. The molecule has 0 aliphatic heterocycles. The number of benzene rings is 1. The van der Waals surface area contributed by atoms with E-state index < -0.39 is 0 Å². The normalized spacial score (nSPS) is 11.0. The Balaban J connectivity index is 1.55. The first kappa shape index (κ1) is 13.4. The second-order valence-corrected chi connectivity index (χ2v) is 5.24. The fraction of sp³-hybridized carbons (Fsp3) is 0.125. The van der Waals surface area contributed by atoms with Gasteiger partial charge in [-0.15, -0.1) is 10.2 Å². The number of tetrazole rings is 1. The van der Waals surface area contributed by atoms with E-state index in [0.29, 0.717) is 18.1 Å². The van der Waals surface area contributed by atoms with Crippen molar-refractivity contribution < 1.29 is 4.42 Å². The minimum Gasteiger partial charge on any atom is -0.456 e. The third-order valence-corrected chi connectivity index (χ3v) is 3.65. The van der Waals surface area contributed by atoms with Crippen LogP contribution in [0.3, 0.4) is 0 Å². The fourth-order valence-corrected chi connectivity index (χ4v) is 2.47. The van der Waals surface area contributed by atoms with Crippen LogP contribution in [-0.4, -0.2) is 32.7 Å². The summed E-state index contributed by atoms with van der Waals surface area (Å²) in [5.41, 5.74) is 2.09. The maximum absolute atomic E-state index is 5.77. The van der Waals surface area contributed by atoms with Crippen molar-refractivity contribution in [1.82, 2.24) is 25.6 Å². The van der Waals surface area contributed by atoms with E-state index in [0.717, 1.165) is 22.4 Å². The lowest BCUT2D eigenvalue weighted by Gasteiger charge is -2.18. The van der Waals surface area contributed by atoms with Gasteiger partial charge in [0.2, 0.25) is 5.82 Å². The highest BCUT2D eigenvalue weighted by Crippen LogP contribution is 2.23. The van der Waals surface area contributed by atoms with E-state index in [9.17, 15) is 0 Å². The molecule has 3 aromatic heterocycles. The number of aromatic nitrogens is 5. The fourth-order valence-electron chi connectivity index (χ4n) is 2.47. The second kappa shape index (κ2) is 5.53. The summed E-state index contributed by atoms with van der Waals surface area (Å²) in [6, 6.07) is 14.0. The minimum absolute atomic E-state index is 0.454. The highest BCUT2D eigenvalue weighted by atomic mass is 16.3. The summed E-state index contributed by atoms with van der Waals surface area (Å²) in [6.07, 6.45) is 1.80. The van der Waals surface area contributed by atoms with E-state index in [1.165, 1.54) is 0 Å². The monoisotopic (exact) mass is 306 g/mol. The van der Waals surface area contributed by atoms with E-state index in [-0.39, 0.29) is 0 Å². The number of aromatic amines is 1. The quantitative estimate of drug-likeness (QED) is 0.624. The number of rotatable bonds is 4. The molecule has 7 heteroatoms. The Hall–Kier alpha value is -3.22. The van der Waals surface area contributed by atoms with Gasteiger partial charge in [-0.2, -0.15) is 5.21 Å². The average molecular weight is 306 g/mol. The Morgan fingerprint density at radius 1 is 1.17 bits per heavy atom. The van der Waals surface area contributed by atoms with Gasteiger partial charge >= 0.3 is 0 Å². The van der Waals surface area contributed by atoms with Crippen molar-refractivity contribution in [2.75, 3.05) is 11.9 Å². The van der Waals surface area contributed by atoms with Crippen molar-refractivity contribution in [2.45, 2.75) is 6.54 Å². The summed E-state index contributed by atoms with van der Waals surface area (Å²) in [4.78, 5) is 6.45. The number of fused-ring (bicyclic) bond motifs is 1. The lowest BCUT2D eigenvalue weighted by atomic mass is 10.2. The highest BCUT2D eigenvalue weighted by molar-refractivity contribution is 5.82. The molecule has 0 atom stereocenters. The molecule has 0 aliphatic carbocycles. The van der Waals surface area contributed by atoms with Crippen LogP contribution in [0.5, 0.6) is 0 Å². The number of nitrogens with zero attached hydrogens (tertiary/aromatic N) is 5. The summed E-state index contributed by atoms with van der Waals surface area (Å²) in [5.74, 6) is 1.89. The van der Waals surface area contributed by atoms with Gasteiger partial charge in [-0.05, 0) is 41.6 Å². The summed E-state index contributed by atoms with van der Waals surface area (Å²) < 4.78 is 5.77. The zero-order valence-electron chi connectivity index (χ0n) is 12.5. The molecule has 0 unspecified atom stereocenters. The third kappa shape index (κ3) is 2.64. The van der Waals surface area contributed by atoms with E-state index in [2.05, 4.69) is 48.7 Å². The molecule has 0 spiro atoms. The summed E-state index contributed by atoms with van der Waals surface area (Å²) >= 11 is 0. The van der Waals surface area contributed by atoms with Crippen LogP contribution in [0.2, 0.25) is 0 Å². The Morgan fingerprint density at radius 3 is 3.00 bits per heavy atom. The molecule has 0 amide bonds. The second-order valence-electron chi connectivity index (χ2n) is 5.24. The van der Waals surface area contributed by atoms with Crippen LogP contribution in [0.15, 0.2) is 53.1 Å². The molecule has 4 rings (SSSR count). The number of pyridine rings is 1.